The summed E-state index contributed by atoms with van der Waals surface area (Å²) in [6.07, 6.45) is 1.51. The first kappa shape index (κ1) is 22.8. The van der Waals surface area contributed by atoms with Crippen molar-refractivity contribution in [1.82, 2.24) is 4.57 Å². The Kier molecular flexibility index (Phi) is 6.76. The van der Waals surface area contributed by atoms with Crippen LogP contribution in [0.3, 0.4) is 0 Å². The van der Waals surface area contributed by atoms with Gasteiger partial charge in [0.15, 0.2) is 0 Å². The zero-order valence-corrected chi connectivity index (χ0v) is 18.4. The van der Waals surface area contributed by atoms with Crippen LogP contribution in [0.4, 0.5) is 5.69 Å². The predicted octanol–water partition coefficient (Wildman–Crippen LogP) is 4.34. The summed E-state index contributed by atoms with van der Waals surface area (Å²) in [4.78, 5) is 37.2. The number of carbonyl (C=O) groups is 2. The number of esters is 1. The number of hydrogen-bond donors (Lipinski definition) is 1. The van der Waals surface area contributed by atoms with Gasteiger partial charge in [-0.15, -0.1) is 0 Å². The summed E-state index contributed by atoms with van der Waals surface area (Å²) >= 11 is 6.04. The molecular weight excluding hydrogens is 430 g/mol. The van der Waals surface area contributed by atoms with Gasteiger partial charge >= 0.3 is 5.97 Å². The second-order valence-electron chi connectivity index (χ2n) is 7.15. The van der Waals surface area contributed by atoms with Gasteiger partial charge in [-0.05, 0) is 67.4 Å². The molecule has 1 atom stereocenters. The quantitative estimate of drug-likeness (QED) is 0.584. The standard InChI is InChI=1S/C24H20ClN3O4/c1-14-10-19(6-7-20(14)24(31)32-3)27-23(30)15(2)28-9-8-16(11-22(28)29)21-12-18(25)5-4-17(21)13-26/h4-12,15H,1-3H3,(H,27,30). The number of halogens is 1. The van der Waals surface area contributed by atoms with Crippen LogP contribution in [0.15, 0.2) is 59.5 Å². The lowest BCUT2D eigenvalue weighted by atomic mass is 10.0. The molecular formula is C24H20ClN3O4. The van der Waals surface area contributed by atoms with Crippen molar-refractivity contribution in [3.05, 3.63) is 86.8 Å². The molecule has 0 fully saturated rings. The van der Waals surface area contributed by atoms with Gasteiger partial charge in [0, 0.05) is 28.5 Å². The Hall–Kier alpha value is -3.89. The molecule has 0 bridgehead atoms. The molecule has 0 aliphatic rings. The van der Waals surface area contributed by atoms with E-state index in [1.165, 1.54) is 23.9 Å². The third-order valence-electron chi connectivity index (χ3n) is 5.06. The summed E-state index contributed by atoms with van der Waals surface area (Å²) in [7, 11) is 1.30. The van der Waals surface area contributed by atoms with E-state index in [-0.39, 0.29) is 0 Å². The minimum Gasteiger partial charge on any atom is -0.465 e. The molecule has 0 spiro atoms. The molecule has 0 saturated heterocycles. The van der Waals surface area contributed by atoms with E-state index in [4.69, 9.17) is 16.3 Å². The van der Waals surface area contributed by atoms with E-state index in [0.29, 0.717) is 38.5 Å². The van der Waals surface area contributed by atoms with Crippen LogP contribution >= 0.6 is 11.6 Å². The fourth-order valence-electron chi connectivity index (χ4n) is 3.28. The summed E-state index contributed by atoms with van der Waals surface area (Å²) in [6, 6.07) is 14.0. The average molecular weight is 450 g/mol. The Bertz CT molecular complexity index is 1310. The smallest absolute Gasteiger partial charge is 0.338 e. The topological polar surface area (TPSA) is 101 Å². The monoisotopic (exact) mass is 449 g/mol. The first-order valence-electron chi connectivity index (χ1n) is 9.67. The van der Waals surface area contributed by atoms with E-state index in [1.54, 1.807) is 56.3 Å². The number of methoxy groups -OCH3 is 1. The Labute approximate surface area is 189 Å². The van der Waals surface area contributed by atoms with E-state index in [9.17, 15) is 19.6 Å². The number of hydrogen-bond acceptors (Lipinski definition) is 5. The van der Waals surface area contributed by atoms with Gasteiger partial charge in [-0.2, -0.15) is 5.26 Å². The Balaban J connectivity index is 1.83. The molecule has 32 heavy (non-hydrogen) atoms. The molecule has 3 rings (SSSR count). The van der Waals surface area contributed by atoms with E-state index in [0.717, 1.165) is 0 Å². The van der Waals surface area contributed by atoms with Gasteiger partial charge in [0.25, 0.3) is 5.56 Å². The number of aryl methyl sites for hydroxylation is 1. The molecule has 8 heteroatoms. The maximum Gasteiger partial charge on any atom is 0.338 e. The molecule has 7 nitrogen and oxygen atoms in total. The molecule has 3 aromatic rings. The zero-order chi connectivity index (χ0) is 23.4. The highest BCUT2D eigenvalue weighted by molar-refractivity contribution is 6.30. The fraction of sp³-hybridized carbons (Fsp3) is 0.167. The van der Waals surface area contributed by atoms with Crippen LogP contribution in [0.25, 0.3) is 11.1 Å². The van der Waals surface area contributed by atoms with Crippen molar-refractivity contribution in [3.8, 4) is 17.2 Å². The first-order chi connectivity index (χ1) is 15.2. The number of nitrogens with zero attached hydrogens (tertiary/aromatic N) is 2. The number of ether oxygens (including phenoxy) is 1. The van der Waals surface area contributed by atoms with Crippen molar-refractivity contribution >= 4 is 29.2 Å². The van der Waals surface area contributed by atoms with E-state index in [2.05, 4.69) is 11.4 Å². The number of aromatic nitrogens is 1. The highest BCUT2D eigenvalue weighted by Crippen LogP contribution is 2.26. The zero-order valence-electron chi connectivity index (χ0n) is 17.7. The number of carbonyl (C=O) groups excluding carboxylic acids is 2. The maximum absolute atomic E-state index is 12.7. The molecule has 1 heterocycles. The molecule has 0 saturated carbocycles. The van der Waals surface area contributed by atoms with Gasteiger partial charge in [0.05, 0.1) is 24.3 Å². The minimum atomic E-state index is -0.799. The maximum atomic E-state index is 12.7. The number of nitriles is 1. The lowest BCUT2D eigenvalue weighted by molar-refractivity contribution is -0.118. The third-order valence-corrected chi connectivity index (χ3v) is 5.29. The summed E-state index contributed by atoms with van der Waals surface area (Å²) in [5.41, 5.74) is 2.62. The second-order valence-corrected chi connectivity index (χ2v) is 7.59. The summed E-state index contributed by atoms with van der Waals surface area (Å²) in [6.45, 7) is 3.34. The Morgan fingerprint density at radius 3 is 2.53 bits per heavy atom. The van der Waals surface area contributed by atoms with Crippen LogP contribution in [0, 0.1) is 18.3 Å². The van der Waals surface area contributed by atoms with Crippen LogP contribution < -0.4 is 10.9 Å². The van der Waals surface area contributed by atoms with Crippen molar-refractivity contribution in [2.75, 3.05) is 12.4 Å². The van der Waals surface area contributed by atoms with E-state index in [1.807, 2.05) is 0 Å². The van der Waals surface area contributed by atoms with Gasteiger partial charge < -0.3 is 14.6 Å². The molecule has 1 aromatic heterocycles. The Morgan fingerprint density at radius 1 is 1.16 bits per heavy atom. The first-order valence-corrected chi connectivity index (χ1v) is 10.0. The number of nitrogens with one attached hydrogen (secondary N) is 1. The van der Waals surface area contributed by atoms with Crippen molar-refractivity contribution in [2.24, 2.45) is 0 Å². The molecule has 0 radical (unpaired) electrons. The minimum absolute atomic E-state index is 0.392. The predicted molar refractivity (Wildman–Crippen MR) is 122 cm³/mol. The van der Waals surface area contributed by atoms with Crippen molar-refractivity contribution in [2.45, 2.75) is 19.9 Å². The SMILES string of the molecule is COC(=O)c1ccc(NC(=O)C(C)n2ccc(-c3cc(Cl)ccc3C#N)cc2=O)cc1C. The number of benzene rings is 2. The van der Waals surface area contributed by atoms with Crippen LogP contribution in [0.2, 0.25) is 5.02 Å². The molecule has 1 N–H and O–H groups in total. The van der Waals surface area contributed by atoms with Gasteiger partial charge in [-0.1, -0.05) is 11.6 Å². The molecule has 162 valence electrons. The van der Waals surface area contributed by atoms with Crippen LogP contribution in [0.1, 0.15) is 34.5 Å². The normalized spacial score (nSPS) is 11.3. The molecule has 0 aliphatic heterocycles. The van der Waals surface area contributed by atoms with E-state index >= 15 is 0 Å². The number of pyridine rings is 1. The van der Waals surface area contributed by atoms with Crippen LogP contribution in [-0.2, 0) is 9.53 Å². The largest absolute Gasteiger partial charge is 0.465 e. The van der Waals surface area contributed by atoms with Crippen molar-refractivity contribution in [1.29, 1.82) is 5.26 Å². The lowest BCUT2D eigenvalue weighted by Crippen LogP contribution is -2.31. The molecule has 0 aliphatic carbocycles. The highest BCUT2D eigenvalue weighted by atomic mass is 35.5. The lowest BCUT2D eigenvalue weighted by Gasteiger charge is -2.16. The summed E-state index contributed by atoms with van der Waals surface area (Å²) in [5, 5.41) is 12.5. The Morgan fingerprint density at radius 2 is 1.91 bits per heavy atom. The van der Waals surface area contributed by atoms with Gasteiger partial charge in [-0.3, -0.25) is 9.59 Å². The third kappa shape index (κ3) is 4.71. The summed E-state index contributed by atoms with van der Waals surface area (Å²) < 4.78 is 6.02. The number of amides is 1. The van der Waals surface area contributed by atoms with Gasteiger partial charge in [0.1, 0.15) is 6.04 Å². The van der Waals surface area contributed by atoms with Gasteiger partial charge in [0.2, 0.25) is 5.91 Å². The fourth-order valence-corrected chi connectivity index (χ4v) is 3.46. The average Bonchev–Trinajstić information content (AvgIpc) is 2.78. The van der Waals surface area contributed by atoms with Gasteiger partial charge in [-0.25, -0.2) is 4.79 Å². The summed E-state index contributed by atoms with van der Waals surface area (Å²) in [5.74, 6) is -0.856. The van der Waals surface area contributed by atoms with Crippen molar-refractivity contribution < 1.29 is 14.3 Å². The molecule has 1 amide bonds. The second kappa shape index (κ2) is 9.50. The molecule has 2 aromatic carbocycles. The van der Waals surface area contributed by atoms with Crippen LogP contribution in [-0.4, -0.2) is 23.6 Å². The number of anilines is 1. The molecule has 1 unspecified atom stereocenters. The van der Waals surface area contributed by atoms with E-state index < -0.39 is 23.5 Å². The van der Waals surface area contributed by atoms with Crippen LogP contribution in [0.5, 0.6) is 0 Å². The highest BCUT2D eigenvalue weighted by Gasteiger charge is 2.18. The van der Waals surface area contributed by atoms with Crippen molar-refractivity contribution in [3.63, 3.8) is 0 Å². The number of rotatable bonds is 5.